The molecule has 0 aliphatic heterocycles. The van der Waals surface area contributed by atoms with Gasteiger partial charge in [0.2, 0.25) is 0 Å². The molecule has 0 radical (unpaired) electrons. The van der Waals surface area contributed by atoms with Gasteiger partial charge in [-0.2, -0.15) is 0 Å². The summed E-state index contributed by atoms with van der Waals surface area (Å²) in [7, 11) is 0. The summed E-state index contributed by atoms with van der Waals surface area (Å²) in [5, 5.41) is 3.46. The Morgan fingerprint density at radius 1 is 1.22 bits per heavy atom. The van der Waals surface area contributed by atoms with Gasteiger partial charge in [-0.05, 0) is 47.3 Å². The van der Waals surface area contributed by atoms with E-state index in [1.807, 2.05) is 12.3 Å². The summed E-state index contributed by atoms with van der Waals surface area (Å²) < 4.78 is 1.00. The van der Waals surface area contributed by atoms with E-state index >= 15 is 0 Å². The van der Waals surface area contributed by atoms with Crippen LogP contribution in [0.25, 0.3) is 0 Å². The fraction of sp³-hybridized carbons (Fsp3) is 0.267. The van der Waals surface area contributed by atoms with Crippen molar-refractivity contribution >= 4 is 21.6 Å². The predicted molar refractivity (Wildman–Crippen MR) is 79.8 cm³/mol. The van der Waals surface area contributed by atoms with E-state index in [4.69, 9.17) is 0 Å². The van der Waals surface area contributed by atoms with Crippen LogP contribution in [0.15, 0.2) is 53.3 Å². The van der Waals surface area contributed by atoms with E-state index in [1.54, 1.807) is 6.20 Å². The predicted octanol–water partition coefficient (Wildman–Crippen LogP) is 4.28. The van der Waals surface area contributed by atoms with Gasteiger partial charge in [-0.1, -0.05) is 30.3 Å². The Morgan fingerprint density at radius 3 is 2.72 bits per heavy atom. The van der Waals surface area contributed by atoms with Crippen LogP contribution < -0.4 is 5.32 Å². The average Bonchev–Trinajstić information content (AvgIpc) is 2.38. The van der Waals surface area contributed by atoms with Gasteiger partial charge in [-0.3, -0.25) is 4.98 Å². The van der Waals surface area contributed by atoms with Gasteiger partial charge >= 0.3 is 0 Å². The molecular formula is C15H17BrN2. The smallest absolute Gasteiger partial charge is 0.0540 e. The third-order valence-corrected chi connectivity index (χ3v) is 3.26. The molecule has 1 heterocycles. The van der Waals surface area contributed by atoms with Gasteiger partial charge in [0.1, 0.15) is 0 Å². The zero-order valence-corrected chi connectivity index (χ0v) is 12.0. The number of nitrogens with zero attached hydrogens (tertiary/aromatic N) is 1. The maximum absolute atomic E-state index is 4.15. The first kappa shape index (κ1) is 13.1. The highest BCUT2D eigenvalue weighted by atomic mass is 79.9. The number of aromatic nitrogens is 1. The van der Waals surface area contributed by atoms with Crippen LogP contribution >= 0.6 is 15.9 Å². The molecule has 94 valence electrons. The lowest BCUT2D eigenvalue weighted by Crippen LogP contribution is -2.16. The van der Waals surface area contributed by atoms with E-state index < -0.39 is 0 Å². The summed E-state index contributed by atoms with van der Waals surface area (Å²) >= 11 is 3.43. The maximum atomic E-state index is 4.15. The molecule has 1 aromatic heterocycles. The van der Waals surface area contributed by atoms with Crippen LogP contribution in [0.4, 0.5) is 5.69 Å². The van der Waals surface area contributed by atoms with Crippen molar-refractivity contribution in [3.8, 4) is 0 Å². The molecule has 3 heteroatoms. The molecule has 0 saturated carbocycles. The fourth-order valence-electron chi connectivity index (χ4n) is 1.88. The molecule has 0 spiro atoms. The lowest BCUT2D eigenvalue weighted by atomic mass is 10.1. The first-order valence-electron chi connectivity index (χ1n) is 6.15. The van der Waals surface area contributed by atoms with Gasteiger partial charge in [0.15, 0.2) is 0 Å². The third kappa shape index (κ3) is 4.15. The highest BCUT2D eigenvalue weighted by Gasteiger charge is 2.03. The lowest BCUT2D eigenvalue weighted by molar-refractivity contribution is 0.706. The van der Waals surface area contributed by atoms with Crippen molar-refractivity contribution in [2.45, 2.75) is 25.8 Å². The number of benzene rings is 1. The summed E-state index contributed by atoms with van der Waals surface area (Å²) in [5.41, 5.74) is 2.45. The van der Waals surface area contributed by atoms with Crippen LogP contribution in [0, 0.1) is 0 Å². The van der Waals surface area contributed by atoms with Gasteiger partial charge in [0.05, 0.1) is 11.9 Å². The summed E-state index contributed by atoms with van der Waals surface area (Å²) in [4.78, 5) is 4.15. The van der Waals surface area contributed by atoms with E-state index in [9.17, 15) is 0 Å². The lowest BCUT2D eigenvalue weighted by Gasteiger charge is -2.15. The highest BCUT2D eigenvalue weighted by Crippen LogP contribution is 2.15. The summed E-state index contributed by atoms with van der Waals surface area (Å²) in [5.74, 6) is 0. The number of rotatable bonds is 5. The van der Waals surface area contributed by atoms with E-state index in [2.05, 4.69) is 63.5 Å². The van der Waals surface area contributed by atoms with Crippen molar-refractivity contribution in [2.24, 2.45) is 0 Å². The average molecular weight is 305 g/mol. The standard InChI is InChI=1S/C15H17BrN2/c1-12(7-8-13-5-3-2-4-6-13)18-15-9-14(16)10-17-11-15/h2-6,9-12,18H,7-8H2,1H3. The quantitative estimate of drug-likeness (QED) is 0.892. The zero-order valence-electron chi connectivity index (χ0n) is 10.4. The molecule has 1 unspecified atom stereocenters. The second-order valence-corrected chi connectivity index (χ2v) is 5.38. The van der Waals surface area contributed by atoms with Crippen molar-refractivity contribution in [3.63, 3.8) is 0 Å². The Hall–Kier alpha value is -1.35. The summed E-state index contributed by atoms with van der Waals surface area (Å²) in [6.45, 7) is 2.20. The number of aryl methyl sites for hydroxylation is 1. The normalized spacial score (nSPS) is 12.1. The minimum absolute atomic E-state index is 0.432. The molecule has 1 N–H and O–H groups in total. The Labute approximate surface area is 117 Å². The number of hydrogen-bond acceptors (Lipinski definition) is 2. The Morgan fingerprint density at radius 2 is 2.00 bits per heavy atom. The van der Waals surface area contributed by atoms with Gasteiger partial charge in [-0.25, -0.2) is 0 Å². The van der Waals surface area contributed by atoms with Crippen molar-refractivity contribution in [2.75, 3.05) is 5.32 Å². The van der Waals surface area contributed by atoms with E-state index in [1.165, 1.54) is 5.56 Å². The van der Waals surface area contributed by atoms with Crippen LogP contribution in [-0.2, 0) is 6.42 Å². The van der Waals surface area contributed by atoms with Crippen molar-refractivity contribution in [1.82, 2.24) is 4.98 Å². The Balaban J connectivity index is 1.84. The molecule has 0 aliphatic carbocycles. The van der Waals surface area contributed by atoms with Gasteiger partial charge < -0.3 is 5.32 Å². The molecule has 0 bridgehead atoms. The number of anilines is 1. The molecule has 0 fully saturated rings. The molecular weight excluding hydrogens is 288 g/mol. The van der Waals surface area contributed by atoms with Crippen LogP contribution in [-0.4, -0.2) is 11.0 Å². The number of pyridine rings is 1. The zero-order chi connectivity index (χ0) is 12.8. The molecule has 2 nitrogen and oxygen atoms in total. The SMILES string of the molecule is CC(CCc1ccccc1)Nc1cncc(Br)c1. The van der Waals surface area contributed by atoms with Gasteiger partial charge in [0.25, 0.3) is 0 Å². The van der Waals surface area contributed by atoms with E-state index in [-0.39, 0.29) is 0 Å². The fourth-order valence-corrected chi connectivity index (χ4v) is 2.24. The third-order valence-electron chi connectivity index (χ3n) is 2.83. The summed E-state index contributed by atoms with van der Waals surface area (Å²) in [6.07, 6.45) is 5.84. The monoisotopic (exact) mass is 304 g/mol. The van der Waals surface area contributed by atoms with Crippen LogP contribution in [0.3, 0.4) is 0 Å². The maximum Gasteiger partial charge on any atom is 0.0540 e. The molecule has 0 saturated heterocycles. The van der Waals surface area contributed by atoms with E-state index in [0.717, 1.165) is 23.0 Å². The largest absolute Gasteiger partial charge is 0.381 e. The first-order chi connectivity index (χ1) is 8.74. The van der Waals surface area contributed by atoms with E-state index in [0.29, 0.717) is 6.04 Å². The Bertz CT molecular complexity index is 485. The molecule has 1 atom stereocenters. The number of halogens is 1. The van der Waals surface area contributed by atoms with Crippen LogP contribution in [0.5, 0.6) is 0 Å². The molecule has 1 aromatic carbocycles. The van der Waals surface area contributed by atoms with Crippen LogP contribution in [0.1, 0.15) is 18.9 Å². The van der Waals surface area contributed by atoms with Crippen LogP contribution in [0.2, 0.25) is 0 Å². The van der Waals surface area contributed by atoms with Gasteiger partial charge in [-0.15, -0.1) is 0 Å². The van der Waals surface area contributed by atoms with Gasteiger partial charge in [0, 0.05) is 16.7 Å². The highest BCUT2D eigenvalue weighted by molar-refractivity contribution is 9.10. The minimum Gasteiger partial charge on any atom is -0.381 e. The second-order valence-electron chi connectivity index (χ2n) is 4.46. The minimum atomic E-state index is 0.432. The molecule has 0 amide bonds. The number of nitrogens with one attached hydrogen (secondary N) is 1. The van der Waals surface area contributed by atoms with Crippen molar-refractivity contribution < 1.29 is 0 Å². The van der Waals surface area contributed by atoms with Crippen molar-refractivity contribution in [1.29, 1.82) is 0 Å². The summed E-state index contributed by atoms with van der Waals surface area (Å²) in [6, 6.07) is 13.1. The topological polar surface area (TPSA) is 24.9 Å². The van der Waals surface area contributed by atoms with Crippen molar-refractivity contribution in [3.05, 3.63) is 58.8 Å². The molecule has 2 aromatic rings. The Kier molecular flexibility index (Phi) is 4.76. The molecule has 2 rings (SSSR count). The molecule has 0 aliphatic rings. The second kappa shape index (κ2) is 6.55. The number of hydrogen-bond donors (Lipinski definition) is 1. The molecule has 18 heavy (non-hydrogen) atoms. The first-order valence-corrected chi connectivity index (χ1v) is 6.94.